The number of hydrogen-bond acceptors (Lipinski definition) is 3. The second kappa shape index (κ2) is 4.33. The van der Waals surface area contributed by atoms with Gasteiger partial charge in [-0.1, -0.05) is 30.3 Å². The summed E-state index contributed by atoms with van der Waals surface area (Å²) in [6.07, 6.45) is 4.25. The van der Waals surface area contributed by atoms with E-state index in [1.54, 1.807) is 12.5 Å². The minimum Gasteiger partial charge on any atom is -0.346 e. The highest BCUT2D eigenvalue weighted by molar-refractivity contribution is 6.32. The van der Waals surface area contributed by atoms with E-state index in [2.05, 4.69) is 32.1 Å². The van der Waals surface area contributed by atoms with Crippen LogP contribution < -0.4 is 0 Å². The summed E-state index contributed by atoms with van der Waals surface area (Å²) in [6, 6.07) is 10.2. The second-order valence-corrected chi connectivity index (χ2v) is 3.93. The molecule has 4 nitrogen and oxygen atoms in total. The monoisotopic (exact) mass is 224 g/mol. The fraction of sp³-hybridized carbons (Fsp3) is 0.154. The molecule has 2 heterocycles. The molecule has 2 aromatic rings. The van der Waals surface area contributed by atoms with Crippen LogP contribution >= 0.6 is 0 Å². The number of rotatable bonds is 2. The molecule has 4 heteroatoms. The Balaban J connectivity index is 1.75. The van der Waals surface area contributed by atoms with E-state index in [0.29, 0.717) is 6.54 Å². The van der Waals surface area contributed by atoms with Gasteiger partial charge in [-0.05, 0) is 5.56 Å². The summed E-state index contributed by atoms with van der Waals surface area (Å²) in [5.41, 5.74) is 3.24. The van der Waals surface area contributed by atoms with Crippen molar-refractivity contribution in [2.24, 2.45) is 9.98 Å². The fourth-order valence-corrected chi connectivity index (χ4v) is 1.79. The van der Waals surface area contributed by atoms with Gasteiger partial charge in [-0.25, -0.2) is 9.98 Å². The van der Waals surface area contributed by atoms with Crippen LogP contribution in [0, 0.1) is 0 Å². The minimum atomic E-state index is 0.700. The van der Waals surface area contributed by atoms with Crippen molar-refractivity contribution < 1.29 is 0 Å². The van der Waals surface area contributed by atoms with E-state index in [1.807, 2.05) is 18.2 Å². The van der Waals surface area contributed by atoms with E-state index in [4.69, 9.17) is 0 Å². The van der Waals surface area contributed by atoms with Crippen LogP contribution in [0.1, 0.15) is 11.3 Å². The Morgan fingerprint density at radius 2 is 2.12 bits per heavy atom. The smallest absolute Gasteiger partial charge is 0.173 e. The number of nitrogens with zero attached hydrogens (tertiary/aromatic N) is 3. The van der Waals surface area contributed by atoms with Gasteiger partial charge in [-0.2, -0.15) is 0 Å². The van der Waals surface area contributed by atoms with Gasteiger partial charge >= 0.3 is 0 Å². The molecule has 1 aromatic carbocycles. The molecule has 0 spiro atoms. The first-order valence-electron chi connectivity index (χ1n) is 5.55. The van der Waals surface area contributed by atoms with E-state index >= 15 is 0 Å². The first kappa shape index (κ1) is 9.96. The molecule has 1 aliphatic rings. The van der Waals surface area contributed by atoms with E-state index in [9.17, 15) is 0 Å². The number of nitrogens with one attached hydrogen (secondary N) is 1. The van der Waals surface area contributed by atoms with Gasteiger partial charge in [0.15, 0.2) is 5.82 Å². The SMILES string of the molecule is C1=Nc2nc[nH]c2CC1=NCc1ccccc1. The molecule has 17 heavy (non-hydrogen) atoms. The van der Waals surface area contributed by atoms with Crippen LogP contribution in [0.3, 0.4) is 0 Å². The molecule has 1 aliphatic heterocycles. The van der Waals surface area contributed by atoms with Crippen LogP contribution in [0.15, 0.2) is 46.6 Å². The molecule has 1 N–H and O–H groups in total. The highest BCUT2D eigenvalue weighted by atomic mass is 15.0. The maximum Gasteiger partial charge on any atom is 0.173 e. The van der Waals surface area contributed by atoms with Crippen molar-refractivity contribution in [2.45, 2.75) is 13.0 Å². The molecule has 0 radical (unpaired) electrons. The number of aromatic amines is 1. The number of fused-ring (bicyclic) bond motifs is 1. The second-order valence-electron chi connectivity index (χ2n) is 3.93. The molecule has 3 rings (SSSR count). The third-order valence-electron chi connectivity index (χ3n) is 2.70. The summed E-state index contributed by atoms with van der Waals surface area (Å²) in [6.45, 7) is 0.700. The number of hydrogen-bond donors (Lipinski definition) is 1. The normalized spacial score (nSPS) is 16.1. The van der Waals surface area contributed by atoms with Crippen molar-refractivity contribution >= 4 is 17.7 Å². The molecule has 0 bridgehead atoms. The molecule has 0 aliphatic carbocycles. The Kier molecular flexibility index (Phi) is 2.54. The van der Waals surface area contributed by atoms with Crippen molar-refractivity contribution in [3.63, 3.8) is 0 Å². The summed E-state index contributed by atoms with van der Waals surface area (Å²) in [7, 11) is 0. The Hall–Kier alpha value is -2.23. The first-order valence-corrected chi connectivity index (χ1v) is 5.55. The summed E-state index contributed by atoms with van der Waals surface area (Å²) < 4.78 is 0. The van der Waals surface area contributed by atoms with Crippen molar-refractivity contribution in [1.82, 2.24) is 9.97 Å². The zero-order valence-corrected chi connectivity index (χ0v) is 9.30. The molecular formula is C13H12N4. The van der Waals surface area contributed by atoms with Crippen LogP contribution in [-0.2, 0) is 13.0 Å². The third kappa shape index (κ3) is 2.15. The molecule has 84 valence electrons. The number of imidazole rings is 1. The highest BCUT2D eigenvalue weighted by Crippen LogP contribution is 2.17. The van der Waals surface area contributed by atoms with Crippen LogP contribution in [-0.4, -0.2) is 21.9 Å². The minimum absolute atomic E-state index is 0.700. The molecule has 0 unspecified atom stereocenters. The zero-order valence-electron chi connectivity index (χ0n) is 9.30. The van der Waals surface area contributed by atoms with Crippen LogP contribution in [0.2, 0.25) is 0 Å². The molecule has 0 saturated heterocycles. The highest BCUT2D eigenvalue weighted by Gasteiger charge is 2.11. The zero-order chi connectivity index (χ0) is 11.5. The summed E-state index contributed by atoms with van der Waals surface area (Å²) >= 11 is 0. The third-order valence-corrected chi connectivity index (χ3v) is 2.70. The molecule has 0 atom stereocenters. The van der Waals surface area contributed by atoms with Gasteiger partial charge < -0.3 is 4.98 Å². The quantitative estimate of drug-likeness (QED) is 0.836. The first-order chi connectivity index (χ1) is 8.42. The largest absolute Gasteiger partial charge is 0.346 e. The van der Waals surface area contributed by atoms with Gasteiger partial charge in [0, 0.05) is 6.42 Å². The van der Waals surface area contributed by atoms with Crippen molar-refractivity contribution in [3.05, 3.63) is 47.9 Å². The van der Waals surface area contributed by atoms with Gasteiger partial charge in [-0.15, -0.1) is 0 Å². The molecule has 1 aromatic heterocycles. The average Bonchev–Trinajstić information content (AvgIpc) is 2.85. The topological polar surface area (TPSA) is 53.4 Å². The van der Waals surface area contributed by atoms with Gasteiger partial charge in [0.25, 0.3) is 0 Å². The maximum atomic E-state index is 4.55. The van der Waals surface area contributed by atoms with E-state index < -0.39 is 0 Å². The van der Waals surface area contributed by atoms with E-state index in [1.165, 1.54) is 5.56 Å². The van der Waals surface area contributed by atoms with Crippen LogP contribution in [0.25, 0.3) is 0 Å². The molecule has 0 amide bonds. The van der Waals surface area contributed by atoms with Crippen LogP contribution in [0.4, 0.5) is 5.82 Å². The van der Waals surface area contributed by atoms with Gasteiger partial charge in [-0.3, -0.25) is 4.99 Å². The summed E-state index contributed by atoms with van der Waals surface area (Å²) in [4.78, 5) is 16.0. The lowest BCUT2D eigenvalue weighted by Gasteiger charge is -2.05. The predicted octanol–water partition coefficient (Wildman–Crippen LogP) is 2.31. The van der Waals surface area contributed by atoms with Crippen LogP contribution in [0.5, 0.6) is 0 Å². The Labute approximate surface area is 99.2 Å². The van der Waals surface area contributed by atoms with Crippen molar-refractivity contribution in [1.29, 1.82) is 0 Å². The van der Waals surface area contributed by atoms with Gasteiger partial charge in [0.05, 0.1) is 30.5 Å². The molecule has 0 saturated carbocycles. The number of benzene rings is 1. The Morgan fingerprint density at radius 3 is 3.00 bits per heavy atom. The molecular weight excluding hydrogens is 212 g/mol. The fourth-order valence-electron chi connectivity index (χ4n) is 1.79. The van der Waals surface area contributed by atoms with Crippen molar-refractivity contribution in [2.75, 3.05) is 0 Å². The molecule has 0 fully saturated rings. The Morgan fingerprint density at radius 1 is 1.24 bits per heavy atom. The summed E-state index contributed by atoms with van der Waals surface area (Å²) in [5, 5.41) is 0. The average molecular weight is 224 g/mol. The maximum absolute atomic E-state index is 4.55. The number of aromatic nitrogens is 2. The van der Waals surface area contributed by atoms with Crippen molar-refractivity contribution in [3.8, 4) is 0 Å². The predicted molar refractivity (Wildman–Crippen MR) is 68.0 cm³/mol. The lowest BCUT2D eigenvalue weighted by atomic mass is 10.1. The lowest BCUT2D eigenvalue weighted by molar-refractivity contribution is 1.05. The Bertz CT molecular complexity index is 566. The lowest BCUT2D eigenvalue weighted by Crippen LogP contribution is -2.09. The summed E-state index contributed by atoms with van der Waals surface area (Å²) in [5.74, 6) is 0.781. The van der Waals surface area contributed by atoms with E-state index in [-0.39, 0.29) is 0 Å². The standard InChI is InChI=1S/C13H12N4/c1-2-4-10(5-3-1)7-14-11-6-12-13(15-8-11)17-9-16-12/h1-5,8-9H,6-7H2,(H,16,17). The number of aliphatic imine (C=N–C) groups is 2. The van der Waals surface area contributed by atoms with Gasteiger partial charge in [0.2, 0.25) is 0 Å². The van der Waals surface area contributed by atoms with Gasteiger partial charge in [0.1, 0.15) is 0 Å². The number of H-pyrrole nitrogens is 1. The van der Waals surface area contributed by atoms with E-state index in [0.717, 1.165) is 23.6 Å².